The molecular formula is C12H13NO2. The summed E-state index contributed by atoms with van der Waals surface area (Å²) in [6, 6.07) is 7.80. The van der Waals surface area contributed by atoms with E-state index < -0.39 is 5.97 Å². The predicted molar refractivity (Wildman–Crippen MR) is 56.5 cm³/mol. The molecule has 0 atom stereocenters. The van der Waals surface area contributed by atoms with Crippen LogP contribution in [0.15, 0.2) is 18.2 Å². The molecule has 0 aliphatic heterocycles. The maximum Gasteiger partial charge on any atom is 0.307 e. The molecule has 0 saturated carbocycles. The van der Waals surface area contributed by atoms with Gasteiger partial charge in [0.05, 0.1) is 12.5 Å². The monoisotopic (exact) mass is 203 g/mol. The molecular weight excluding hydrogens is 190 g/mol. The molecule has 0 spiro atoms. The molecule has 0 aliphatic carbocycles. The number of carboxylic acids is 1. The van der Waals surface area contributed by atoms with Crippen molar-refractivity contribution in [3.05, 3.63) is 34.9 Å². The Labute approximate surface area is 89.0 Å². The minimum atomic E-state index is -0.824. The molecule has 0 heterocycles. The van der Waals surface area contributed by atoms with Gasteiger partial charge in [-0.25, -0.2) is 0 Å². The van der Waals surface area contributed by atoms with E-state index in [1.165, 1.54) is 0 Å². The van der Waals surface area contributed by atoms with Crippen LogP contribution in [0.3, 0.4) is 0 Å². The molecule has 0 aromatic heterocycles. The summed E-state index contributed by atoms with van der Waals surface area (Å²) >= 11 is 0. The molecule has 78 valence electrons. The highest BCUT2D eigenvalue weighted by Crippen LogP contribution is 2.13. The first-order valence-corrected chi connectivity index (χ1v) is 4.80. The molecule has 0 fully saturated rings. The zero-order chi connectivity index (χ0) is 11.3. The molecule has 0 bridgehead atoms. The van der Waals surface area contributed by atoms with Gasteiger partial charge in [0.15, 0.2) is 0 Å². The Morgan fingerprint density at radius 1 is 1.53 bits per heavy atom. The summed E-state index contributed by atoms with van der Waals surface area (Å²) in [4.78, 5) is 10.6. The van der Waals surface area contributed by atoms with Gasteiger partial charge in [0, 0.05) is 6.42 Å². The highest BCUT2D eigenvalue weighted by molar-refractivity contribution is 5.70. The van der Waals surface area contributed by atoms with Crippen molar-refractivity contribution in [2.75, 3.05) is 0 Å². The smallest absolute Gasteiger partial charge is 0.307 e. The van der Waals surface area contributed by atoms with E-state index in [2.05, 4.69) is 6.07 Å². The van der Waals surface area contributed by atoms with E-state index in [9.17, 15) is 4.79 Å². The number of nitrogens with zero attached hydrogens (tertiary/aromatic N) is 1. The van der Waals surface area contributed by atoms with Crippen LogP contribution in [0.1, 0.15) is 23.1 Å². The molecule has 1 aromatic rings. The van der Waals surface area contributed by atoms with Crippen molar-refractivity contribution in [2.45, 2.75) is 26.2 Å². The van der Waals surface area contributed by atoms with Gasteiger partial charge in [-0.15, -0.1) is 0 Å². The summed E-state index contributed by atoms with van der Waals surface area (Å²) < 4.78 is 0. The van der Waals surface area contributed by atoms with Crippen molar-refractivity contribution in [1.82, 2.24) is 0 Å². The SMILES string of the molecule is Cc1ccc(CCC#N)cc1CC(=O)O. The standard InChI is InChI=1S/C12H13NO2/c1-9-4-5-10(3-2-6-13)7-11(9)8-12(14)15/h4-5,7H,2-3,8H2,1H3,(H,14,15). The van der Waals surface area contributed by atoms with E-state index in [4.69, 9.17) is 10.4 Å². The van der Waals surface area contributed by atoms with Crippen LogP contribution >= 0.6 is 0 Å². The van der Waals surface area contributed by atoms with E-state index >= 15 is 0 Å². The number of nitriles is 1. The van der Waals surface area contributed by atoms with Gasteiger partial charge >= 0.3 is 5.97 Å². The normalized spacial score (nSPS) is 9.60. The lowest BCUT2D eigenvalue weighted by Gasteiger charge is -2.05. The molecule has 0 unspecified atom stereocenters. The molecule has 1 N–H and O–H groups in total. The van der Waals surface area contributed by atoms with Crippen molar-refractivity contribution >= 4 is 5.97 Å². The van der Waals surface area contributed by atoms with E-state index in [1.54, 1.807) is 0 Å². The Kier molecular flexibility index (Phi) is 3.87. The van der Waals surface area contributed by atoms with E-state index in [0.29, 0.717) is 12.8 Å². The number of benzene rings is 1. The first-order chi connectivity index (χ1) is 7.13. The van der Waals surface area contributed by atoms with Crippen molar-refractivity contribution in [1.29, 1.82) is 5.26 Å². The summed E-state index contributed by atoms with van der Waals surface area (Å²) in [6.45, 7) is 1.90. The average molecular weight is 203 g/mol. The molecule has 15 heavy (non-hydrogen) atoms. The van der Waals surface area contributed by atoms with Crippen LogP contribution in [0.4, 0.5) is 0 Å². The lowest BCUT2D eigenvalue weighted by atomic mass is 10.0. The molecule has 1 rings (SSSR count). The lowest BCUT2D eigenvalue weighted by Crippen LogP contribution is -2.02. The van der Waals surface area contributed by atoms with Gasteiger partial charge < -0.3 is 5.11 Å². The van der Waals surface area contributed by atoms with Gasteiger partial charge in [0.2, 0.25) is 0 Å². The van der Waals surface area contributed by atoms with Crippen molar-refractivity contribution in [2.24, 2.45) is 0 Å². The molecule has 0 amide bonds. The maximum atomic E-state index is 10.6. The number of aryl methyl sites for hydroxylation is 2. The van der Waals surface area contributed by atoms with Crippen LogP contribution in [0.2, 0.25) is 0 Å². The maximum absolute atomic E-state index is 10.6. The topological polar surface area (TPSA) is 61.1 Å². The van der Waals surface area contributed by atoms with Gasteiger partial charge in [-0.3, -0.25) is 4.79 Å². The summed E-state index contributed by atoms with van der Waals surface area (Å²) in [6.07, 6.45) is 1.20. The zero-order valence-electron chi connectivity index (χ0n) is 8.66. The Morgan fingerprint density at radius 3 is 2.87 bits per heavy atom. The third kappa shape index (κ3) is 3.43. The van der Waals surface area contributed by atoms with E-state index in [1.807, 2.05) is 25.1 Å². The Morgan fingerprint density at radius 2 is 2.27 bits per heavy atom. The van der Waals surface area contributed by atoms with Gasteiger partial charge in [-0.1, -0.05) is 18.2 Å². The Balaban J connectivity index is 2.85. The number of hydrogen-bond donors (Lipinski definition) is 1. The first-order valence-electron chi connectivity index (χ1n) is 4.80. The van der Waals surface area contributed by atoms with Gasteiger partial charge in [0.25, 0.3) is 0 Å². The summed E-state index contributed by atoms with van der Waals surface area (Å²) in [5.41, 5.74) is 2.84. The first kappa shape index (κ1) is 11.3. The number of hydrogen-bond acceptors (Lipinski definition) is 2. The second kappa shape index (κ2) is 5.16. The highest BCUT2D eigenvalue weighted by Gasteiger charge is 2.05. The fourth-order valence-corrected chi connectivity index (χ4v) is 1.43. The van der Waals surface area contributed by atoms with Crippen LogP contribution in [-0.2, 0) is 17.6 Å². The number of carbonyl (C=O) groups is 1. The van der Waals surface area contributed by atoms with Crippen LogP contribution < -0.4 is 0 Å². The fourth-order valence-electron chi connectivity index (χ4n) is 1.43. The Hall–Kier alpha value is -1.82. The van der Waals surface area contributed by atoms with E-state index in [0.717, 1.165) is 16.7 Å². The summed E-state index contributed by atoms with van der Waals surface area (Å²) in [5.74, 6) is -0.824. The average Bonchev–Trinajstić information content (AvgIpc) is 2.18. The lowest BCUT2D eigenvalue weighted by molar-refractivity contribution is -0.136. The molecule has 0 aliphatic rings. The van der Waals surface area contributed by atoms with Crippen LogP contribution in [0.25, 0.3) is 0 Å². The molecule has 1 aromatic carbocycles. The molecule has 0 saturated heterocycles. The highest BCUT2D eigenvalue weighted by atomic mass is 16.4. The van der Waals surface area contributed by atoms with Crippen molar-refractivity contribution in [3.63, 3.8) is 0 Å². The quantitative estimate of drug-likeness (QED) is 0.814. The van der Waals surface area contributed by atoms with Crippen LogP contribution in [0.5, 0.6) is 0 Å². The van der Waals surface area contributed by atoms with Crippen molar-refractivity contribution < 1.29 is 9.90 Å². The minimum absolute atomic E-state index is 0.0478. The summed E-state index contributed by atoms with van der Waals surface area (Å²) in [7, 11) is 0. The number of carboxylic acid groups (broad SMARTS) is 1. The largest absolute Gasteiger partial charge is 0.481 e. The molecule has 0 radical (unpaired) electrons. The Bertz CT molecular complexity index is 405. The van der Waals surface area contributed by atoms with E-state index in [-0.39, 0.29) is 6.42 Å². The zero-order valence-corrected chi connectivity index (χ0v) is 8.66. The molecule has 3 nitrogen and oxygen atoms in total. The summed E-state index contributed by atoms with van der Waals surface area (Å²) in [5, 5.41) is 17.2. The minimum Gasteiger partial charge on any atom is -0.481 e. The van der Waals surface area contributed by atoms with Crippen LogP contribution in [0, 0.1) is 18.3 Å². The van der Waals surface area contributed by atoms with Crippen molar-refractivity contribution in [3.8, 4) is 6.07 Å². The fraction of sp³-hybridized carbons (Fsp3) is 0.333. The van der Waals surface area contributed by atoms with Crippen LogP contribution in [-0.4, -0.2) is 11.1 Å². The van der Waals surface area contributed by atoms with Gasteiger partial charge in [0.1, 0.15) is 0 Å². The molecule has 3 heteroatoms. The third-order valence-corrected chi connectivity index (χ3v) is 2.28. The predicted octanol–water partition coefficient (Wildman–Crippen LogP) is 2.08. The third-order valence-electron chi connectivity index (χ3n) is 2.28. The number of rotatable bonds is 4. The second-order valence-corrected chi connectivity index (χ2v) is 3.49. The second-order valence-electron chi connectivity index (χ2n) is 3.49. The van der Waals surface area contributed by atoms with Gasteiger partial charge in [-0.2, -0.15) is 5.26 Å². The number of aliphatic carboxylic acids is 1. The van der Waals surface area contributed by atoms with Gasteiger partial charge in [-0.05, 0) is 30.0 Å².